The van der Waals surface area contributed by atoms with E-state index in [1.807, 2.05) is 45.0 Å². The molecule has 3 N–H and O–H groups in total. The fraction of sp³-hybridized carbons (Fsp3) is 0.467. The fourth-order valence-electron chi connectivity index (χ4n) is 1.92. The van der Waals surface area contributed by atoms with Crippen LogP contribution < -0.4 is 15.8 Å². The van der Waals surface area contributed by atoms with Crippen LogP contribution in [0.15, 0.2) is 29.3 Å². The third kappa shape index (κ3) is 4.37. The number of nitrogens with zero attached hydrogens (tertiary/aromatic N) is 1. The minimum absolute atomic E-state index is 0.344. The molecule has 1 amide bonds. The third-order valence-electron chi connectivity index (χ3n) is 2.83. The van der Waals surface area contributed by atoms with Gasteiger partial charge in [-0.25, -0.2) is 9.79 Å². The minimum atomic E-state index is -0.555. The van der Waals surface area contributed by atoms with Gasteiger partial charge in [-0.2, -0.15) is 0 Å². The summed E-state index contributed by atoms with van der Waals surface area (Å²) in [5.74, 6) is 1.03. The van der Waals surface area contributed by atoms with Crippen molar-refractivity contribution < 1.29 is 14.3 Å². The van der Waals surface area contributed by atoms with Crippen molar-refractivity contribution in [1.29, 1.82) is 0 Å². The Morgan fingerprint density at radius 2 is 2.14 bits per heavy atom. The highest BCUT2D eigenvalue weighted by atomic mass is 16.6. The molecule has 0 saturated heterocycles. The number of rotatable bonds is 1. The van der Waals surface area contributed by atoms with Crippen LogP contribution in [0.3, 0.4) is 0 Å². The lowest BCUT2D eigenvalue weighted by atomic mass is 10.1. The summed E-state index contributed by atoms with van der Waals surface area (Å²) in [4.78, 5) is 16.2. The summed E-state index contributed by atoms with van der Waals surface area (Å²) in [6.45, 7) is 5.86. The van der Waals surface area contributed by atoms with E-state index in [0.717, 1.165) is 0 Å². The van der Waals surface area contributed by atoms with Crippen LogP contribution in [0.5, 0.6) is 5.75 Å². The summed E-state index contributed by atoms with van der Waals surface area (Å²) in [6, 6.07) is 6.99. The first-order valence-electron chi connectivity index (χ1n) is 6.90. The Hall–Kier alpha value is -2.24. The molecular formula is C15H21N3O3. The molecule has 1 atom stereocenters. The van der Waals surface area contributed by atoms with Crippen LogP contribution in [0, 0.1) is 0 Å². The Balaban J connectivity index is 2.12. The number of hydrogen-bond donors (Lipinski definition) is 2. The number of alkyl carbamates (subject to hydrolysis) is 1. The summed E-state index contributed by atoms with van der Waals surface area (Å²) in [5, 5.41) is 2.73. The monoisotopic (exact) mass is 291 g/mol. The molecule has 114 valence electrons. The lowest BCUT2D eigenvalue weighted by molar-refractivity contribution is 0.0513. The summed E-state index contributed by atoms with van der Waals surface area (Å²) in [5.41, 5.74) is 6.10. The van der Waals surface area contributed by atoms with E-state index in [1.165, 1.54) is 0 Å². The molecule has 6 heteroatoms. The molecule has 0 fully saturated rings. The van der Waals surface area contributed by atoms with Crippen molar-refractivity contribution in [2.24, 2.45) is 10.7 Å². The number of benzene rings is 1. The minimum Gasteiger partial charge on any atom is -0.491 e. The van der Waals surface area contributed by atoms with Gasteiger partial charge in [0.2, 0.25) is 0 Å². The molecule has 1 aliphatic rings. The van der Waals surface area contributed by atoms with Crippen LogP contribution in [0.2, 0.25) is 0 Å². The fourth-order valence-corrected chi connectivity index (χ4v) is 1.92. The topological polar surface area (TPSA) is 85.9 Å². The van der Waals surface area contributed by atoms with Crippen LogP contribution in [0.1, 0.15) is 27.2 Å². The molecule has 0 radical (unpaired) electrons. The van der Waals surface area contributed by atoms with Gasteiger partial charge in [0.15, 0.2) is 0 Å². The van der Waals surface area contributed by atoms with Crippen LogP contribution >= 0.6 is 0 Å². The smallest absolute Gasteiger partial charge is 0.408 e. The van der Waals surface area contributed by atoms with Gasteiger partial charge in [0.05, 0.1) is 12.6 Å². The number of fused-ring (bicyclic) bond motifs is 1. The standard InChI is InChI=1S/C15H21N3O3/c1-15(2,3)21-14(19)18-11-8-9-20-12-7-5-4-6-10(12)17-13(11)16/h4-7,11H,8-9H2,1-3H3,(H2,16,17)(H,18,19)/t11-/m0/s1. The molecule has 1 aromatic carbocycles. The summed E-state index contributed by atoms with van der Waals surface area (Å²) < 4.78 is 10.9. The van der Waals surface area contributed by atoms with E-state index in [1.54, 1.807) is 0 Å². The van der Waals surface area contributed by atoms with Gasteiger partial charge in [0.1, 0.15) is 22.9 Å². The van der Waals surface area contributed by atoms with Gasteiger partial charge in [0.25, 0.3) is 0 Å². The first kappa shape index (κ1) is 15.2. The summed E-state index contributed by atoms with van der Waals surface area (Å²) in [7, 11) is 0. The molecule has 0 unspecified atom stereocenters. The maximum atomic E-state index is 11.8. The number of amides is 1. The first-order chi connectivity index (χ1) is 9.85. The Labute approximate surface area is 124 Å². The molecule has 0 saturated carbocycles. The number of carbonyl (C=O) groups excluding carboxylic acids is 1. The largest absolute Gasteiger partial charge is 0.491 e. The Kier molecular flexibility index (Phi) is 4.35. The van der Waals surface area contributed by atoms with Crippen molar-refractivity contribution >= 4 is 17.6 Å². The van der Waals surface area contributed by atoms with Gasteiger partial charge in [-0.15, -0.1) is 0 Å². The number of aliphatic imine (C=N–C) groups is 1. The zero-order chi connectivity index (χ0) is 15.5. The Morgan fingerprint density at radius 3 is 2.86 bits per heavy atom. The maximum absolute atomic E-state index is 11.8. The molecule has 1 heterocycles. The average molecular weight is 291 g/mol. The zero-order valence-electron chi connectivity index (χ0n) is 12.6. The molecule has 1 aliphatic heterocycles. The van der Waals surface area contributed by atoms with Crippen molar-refractivity contribution in [3.05, 3.63) is 24.3 Å². The molecule has 0 aliphatic carbocycles. The number of amidine groups is 1. The van der Waals surface area contributed by atoms with Gasteiger partial charge < -0.3 is 20.5 Å². The zero-order valence-corrected chi connectivity index (χ0v) is 12.6. The van der Waals surface area contributed by atoms with Crippen LogP contribution in [-0.4, -0.2) is 30.2 Å². The van der Waals surface area contributed by atoms with E-state index in [4.69, 9.17) is 15.2 Å². The van der Waals surface area contributed by atoms with Crippen LogP contribution in [0.4, 0.5) is 10.5 Å². The molecule has 2 rings (SSSR count). The second kappa shape index (κ2) is 6.03. The van der Waals surface area contributed by atoms with E-state index in [9.17, 15) is 4.79 Å². The second-order valence-corrected chi connectivity index (χ2v) is 5.84. The lowest BCUT2D eigenvalue weighted by Crippen LogP contribution is -2.47. The predicted octanol–water partition coefficient (Wildman–Crippen LogP) is 2.35. The maximum Gasteiger partial charge on any atom is 0.408 e. The highest BCUT2D eigenvalue weighted by molar-refractivity contribution is 5.91. The van der Waals surface area contributed by atoms with Crippen molar-refractivity contribution in [3.8, 4) is 5.75 Å². The average Bonchev–Trinajstić information content (AvgIpc) is 2.35. The molecule has 0 spiro atoms. The van der Waals surface area contributed by atoms with Gasteiger partial charge in [0, 0.05) is 6.42 Å². The number of ether oxygens (including phenoxy) is 2. The van der Waals surface area contributed by atoms with Gasteiger partial charge in [-0.1, -0.05) is 12.1 Å². The number of hydrogen-bond acceptors (Lipinski definition) is 5. The van der Waals surface area contributed by atoms with E-state index in [0.29, 0.717) is 30.3 Å². The van der Waals surface area contributed by atoms with Crippen molar-refractivity contribution in [1.82, 2.24) is 5.32 Å². The number of carbonyl (C=O) groups is 1. The van der Waals surface area contributed by atoms with Crippen molar-refractivity contribution in [2.75, 3.05) is 6.61 Å². The molecule has 0 aromatic heterocycles. The summed E-state index contributed by atoms with van der Waals surface area (Å²) in [6.07, 6.45) is 0.0163. The third-order valence-corrected chi connectivity index (χ3v) is 2.83. The normalized spacial score (nSPS) is 18.4. The molecule has 1 aromatic rings. The predicted molar refractivity (Wildman–Crippen MR) is 81.0 cm³/mol. The molecule has 21 heavy (non-hydrogen) atoms. The second-order valence-electron chi connectivity index (χ2n) is 5.84. The van der Waals surface area contributed by atoms with E-state index in [2.05, 4.69) is 10.3 Å². The Bertz CT molecular complexity index is 549. The van der Waals surface area contributed by atoms with Gasteiger partial charge >= 0.3 is 6.09 Å². The number of nitrogens with one attached hydrogen (secondary N) is 1. The summed E-state index contributed by atoms with van der Waals surface area (Å²) >= 11 is 0. The highest BCUT2D eigenvalue weighted by Crippen LogP contribution is 2.28. The van der Waals surface area contributed by atoms with Crippen molar-refractivity contribution in [3.63, 3.8) is 0 Å². The van der Waals surface area contributed by atoms with Gasteiger partial charge in [-0.3, -0.25) is 0 Å². The van der Waals surface area contributed by atoms with Crippen molar-refractivity contribution in [2.45, 2.75) is 38.8 Å². The highest BCUT2D eigenvalue weighted by Gasteiger charge is 2.23. The van der Waals surface area contributed by atoms with E-state index >= 15 is 0 Å². The first-order valence-corrected chi connectivity index (χ1v) is 6.90. The SMILES string of the molecule is CC(C)(C)OC(=O)N[C@H]1CCOc2ccccc2N=C1N. The number of nitrogens with two attached hydrogens (primary N) is 1. The number of para-hydroxylation sites is 2. The molecule has 0 bridgehead atoms. The lowest BCUT2D eigenvalue weighted by Gasteiger charge is -2.24. The molecular weight excluding hydrogens is 270 g/mol. The van der Waals surface area contributed by atoms with Crippen LogP contribution in [0.25, 0.3) is 0 Å². The van der Waals surface area contributed by atoms with Gasteiger partial charge in [-0.05, 0) is 32.9 Å². The van der Waals surface area contributed by atoms with E-state index < -0.39 is 17.7 Å². The van der Waals surface area contributed by atoms with E-state index in [-0.39, 0.29) is 0 Å². The molecule has 6 nitrogen and oxygen atoms in total. The van der Waals surface area contributed by atoms with Crippen LogP contribution in [-0.2, 0) is 4.74 Å². The quantitative estimate of drug-likeness (QED) is 0.831. The Morgan fingerprint density at radius 1 is 1.43 bits per heavy atom.